The van der Waals surface area contributed by atoms with Crippen LogP contribution in [-0.2, 0) is 0 Å². The number of rotatable bonds is 7. The Morgan fingerprint density at radius 1 is 0.315 bits per heavy atom. The van der Waals surface area contributed by atoms with Crippen LogP contribution in [0.1, 0.15) is 0 Å². The molecular weight excluding hydrogens is 653 g/mol. The third-order valence-corrected chi connectivity index (χ3v) is 10.6. The van der Waals surface area contributed by atoms with Crippen LogP contribution in [0.4, 0.5) is 17.1 Å². The highest BCUT2D eigenvalue weighted by Crippen LogP contribution is 2.44. The van der Waals surface area contributed by atoms with Crippen LogP contribution >= 0.6 is 0 Å². The van der Waals surface area contributed by atoms with E-state index in [9.17, 15) is 0 Å². The smallest absolute Gasteiger partial charge is 0.0561 e. The number of para-hydroxylation sites is 3. The first-order valence-electron chi connectivity index (χ1n) is 18.5. The zero-order chi connectivity index (χ0) is 35.8. The van der Waals surface area contributed by atoms with Gasteiger partial charge in [-0.15, -0.1) is 0 Å². The van der Waals surface area contributed by atoms with Crippen molar-refractivity contribution in [3.05, 3.63) is 218 Å². The summed E-state index contributed by atoms with van der Waals surface area (Å²) in [5.74, 6) is 0. The standard InChI is InChI=1S/C52H36N2/c1-3-16-38(17-4-1)45-23-9-12-27-49(45)53(41-32-30-40(31-33-41)44-26-15-21-37-20-7-8-22-43(37)44)42-34-35-46(39-18-5-2-6-19-39)52(36-42)54-50-28-13-10-24-47(50)48-25-11-14-29-51(48)54/h1-36H. The van der Waals surface area contributed by atoms with E-state index in [2.05, 4.69) is 228 Å². The molecule has 0 fully saturated rings. The van der Waals surface area contributed by atoms with Crippen molar-refractivity contribution in [2.24, 2.45) is 0 Å². The minimum absolute atomic E-state index is 1.08. The molecule has 254 valence electrons. The van der Waals surface area contributed by atoms with E-state index in [1.165, 1.54) is 66.0 Å². The van der Waals surface area contributed by atoms with Crippen molar-refractivity contribution in [2.45, 2.75) is 0 Å². The Balaban J connectivity index is 1.22. The second-order valence-electron chi connectivity index (χ2n) is 13.7. The van der Waals surface area contributed by atoms with Crippen molar-refractivity contribution in [3.8, 4) is 39.1 Å². The summed E-state index contributed by atoms with van der Waals surface area (Å²) in [4.78, 5) is 2.42. The lowest BCUT2D eigenvalue weighted by atomic mass is 9.97. The van der Waals surface area contributed by atoms with Gasteiger partial charge in [0.05, 0.1) is 22.4 Å². The van der Waals surface area contributed by atoms with Crippen LogP contribution in [0.5, 0.6) is 0 Å². The normalized spacial score (nSPS) is 11.3. The van der Waals surface area contributed by atoms with Crippen molar-refractivity contribution >= 4 is 49.6 Å². The molecule has 9 aromatic carbocycles. The maximum atomic E-state index is 2.45. The summed E-state index contributed by atoms with van der Waals surface area (Å²) in [6.45, 7) is 0. The molecule has 0 saturated carbocycles. The predicted molar refractivity (Wildman–Crippen MR) is 229 cm³/mol. The number of hydrogen-bond donors (Lipinski definition) is 0. The lowest BCUT2D eigenvalue weighted by molar-refractivity contribution is 1.17. The second-order valence-corrected chi connectivity index (χ2v) is 13.7. The molecule has 0 bridgehead atoms. The molecule has 0 aliphatic carbocycles. The van der Waals surface area contributed by atoms with Crippen LogP contribution in [0.3, 0.4) is 0 Å². The number of aromatic nitrogens is 1. The van der Waals surface area contributed by atoms with Crippen LogP contribution in [0.2, 0.25) is 0 Å². The van der Waals surface area contributed by atoms with E-state index in [4.69, 9.17) is 0 Å². The van der Waals surface area contributed by atoms with Crippen LogP contribution in [-0.4, -0.2) is 4.57 Å². The van der Waals surface area contributed by atoms with E-state index >= 15 is 0 Å². The molecule has 0 N–H and O–H groups in total. The molecule has 2 heteroatoms. The fourth-order valence-electron chi connectivity index (χ4n) is 8.11. The van der Waals surface area contributed by atoms with Crippen molar-refractivity contribution in [2.75, 3.05) is 4.90 Å². The van der Waals surface area contributed by atoms with Gasteiger partial charge >= 0.3 is 0 Å². The molecule has 1 aromatic heterocycles. The van der Waals surface area contributed by atoms with Crippen LogP contribution in [0.15, 0.2) is 218 Å². The van der Waals surface area contributed by atoms with E-state index < -0.39 is 0 Å². The molecule has 0 radical (unpaired) electrons. The largest absolute Gasteiger partial charge is 0.310 e. The van der Waals surface area contributed by atoms with E-state index in [1.54, 1.807) is 0 Å². The molecule has 10 rings (SSSR count). The summed E-state index contributed by atoms with van der Waals surface area (Å²) in [5.41, 5.74) is 13.9. The molecule has 1 heterocycles. The molecule has 2 nitrogen and oxygen atoms in total. The zero-order valence-corrected chi connectivity index (χ0v) is 29.7. The van der Waals surface area contributed by atoms with Gasteiger partial charge < -0.3 is 9.47 Å². The molecule has 0 aliphatic rings. The van der Waals surface area contributed by atoms with Crippen LogP contribution in [0, 0.1) is 0 Å². The summed E-state index contributed by atoms with van der Waals surface area (Å²) < 4.78 is 2.45. The maximum Gasteiger partial charge on any atom is 0.0561 e. The quantitative estimate of drug-likeness (QED) is 0.162. The predicted octanol–water partition coefficient (Wildman–Crippen LogP) is 14.4. The first-order valence-corrected chi connectivity index (χ1v) is 18.5. The average Bonchev–Trinajstić information content (AvgIpc) is 3.59. The Morgan fingerprint density at radius 2 is 0.815 bits per heavy atom. The molecule has 54 heavy (non-hydrogen) atoms. The van der Waals surface area contributed by atoms with Crippen molar-refractivity contribution in [3.63, 3.8) is 0 Å². The Labute approximate surface area is 315 Å². The number of hydrogen-bond acceptors (Lipinski definition) is 1. The monoisotopic (exact) mass is 688 g/mol. The molecule has 0 aliphatic heterocycles. The number of anilines is 3. The van der Waals surface area contributed by atoms with Gasteiger partial charge in [0.2, 0.25) is 0 Å². The minimum Gasteiger partial charge on any atom is -0.310 e. The van der Waals surface area contributed by atoms with Crippen molar-refractivity contribution in [1.29, 1.82) is 0 Å². The topological polar surface area (TPSA) is 8.17 Å². The lowest BCUT2D eigenvalue weighted by Gasteiger charge is -2.29. The highest BCUT2D eigenvalue weighted by molar-refractivity contribution is 6.10. The highest BCUT2D eigenvalue weighted by atomic mass is 15.1. The second kappa shape index (κ2) is 13.4. The Bertz CT molecular complexity index is 2860. The molecule has 0 amide bonds. The third kappa shape index (κ3) is 5.44. The summed E-state index contributed by atoms with van der Waals surface area (Å²) in [6.07, 6.45) is 0. The molecule has 0 atom stereocenters. The van der Waals surface area contributed by atoms with Gasteiger partial charge in [-0.05, 0) is 75.5 Å². The maximum absolute atomic E-state index is 2.45. The average molecular weight is 689 g/mol. The summed E-state index contributed by atoms with van der Waals surface area (Å²) >= 11 is 0. The molecule has 0 saturated heterocycles. The third-order valence-electron chi connectivity index (χ3n) is 10.6. The molecule has 0 spiro atoms. The van der Waals surface area contributed by atoms with Gasteiger partial charge in [-0.3, -0.25) is 0 Å². The molecule has 0 unspecified atom stereocenters. The van der Waals surface area contributed by atoms with E-state index in [0.29, 0.717) is 0 Å². The number of nitrogens with zero attached hydrogens (tertiary/aromatic N) is 2. The summed E-state index contributed by atoms with van der Waals surface area (Å²) in [6, 6.07) is 78.9. The highest BCUT2D eigenvalue weighted by Gasteiger charge is 2.21. The van der Waals surface area contributed by atoms with E-state index in [0.717, 1.165) is 22.7 Å². The first kappa shape index (κ1) is 31.6. The van der Waals surface area contributed by atoms with Gasteiger partial charge in [-0.2, -0.15) is 0 Å². The van der Waals surface area contributed by atoms with Crippen LogP contribution < -0.4 is 4.90 Å². The van der Waals surface area contributed by atoms with Gasteiger partial charge in [0.15, 0.2) is 0 Å². The van der Waals surface area contributed by atoms with Gasteiger partial charge in [0.25, 0.3) is 0 Å². The van der Waals surface area contributed by atoms with E-state index in [-0.39, 0.29) is 0 Å². The fraction of sp³-hybridized carbons (Fsp3) is 0. The van der Waals surface area contributed by atoms with E-state index in [1.807, 2.05) is 0 Å². The van der Waals surface area contributed by atoms with Gasteiger partial charge in [0.1, 0.15) is 0 Å². The SMILES string of the molecule is c1ccc(-c2ccccc2N(c2ccc(-c3cccc4ccccc34)cc2)c2ccc(-c3ccccc3)c(-n3c4ccccc4c4ccccc43)c2)cc1. The minimum atomic E-state index is 1.08. The Morgan fingerprint density at radius 3 is 1.52 bits per heavy atom. The van der Waals surface area contributed by atoms with Crippen molar-refractivity contribution < 1.29 is 0 Å². The Kier molecular flexibility index (Phi) is 7.85. The zero-order valence-electron chi connectivity index (χ0n) is 29.7. The van der Waals surface area contributed by atoms with Gasteiger partial charge in [-0.1, -0.05) is 176 Å². The summed E-state index contributed by atoms with van der Waals surface area (Å²) in [5, 5.41) is 4.99. The molecule has 10 aromatic rings. The lowest BCUT2D eigenvalue weighted by Crippen LogP contribution is -2.12. The van der Waals surface area contributed by atoms with Gasteiger partial charge in [-0.25, -0.2) is 0 Å². The van der Waals surface area contributed by atoms with Gasteiger partial charge in [0, 0.05) is 33.3 Å². The number of fused-ring (bicyclic) bond motifs is 4. The fourth-order valence-corrected chi connectivity index (χ4v) is 8.11. The number of benzene rings is 9. The molecular formula is C52H36N2. The van der Waals surface area contributed by atoms with Crippen molar-refractivity contribution in [1.82, 2.24) is 4.57 Å². The summed E-state index contributed by atoms with van der Waals surface area (Å²) in [7, 11) is 0. The Hall–Kier alpha value is -7.16. The van der Waals surface area contributed by atoms with Crippen LogP contribution in [0.25, 0.3) is 71.6 Å². The first-order chi connectivity index (χ1) is 26.8.